The zero-order valence-corrected chi connectivity index (χ0v) is 15.4. The highest BCUT2D eigenvalue weighted by Crippen LogP contribution is 2.30. The minimum absolute atomic E-state index is 0.186. The molecule has 1 aliphatic rings. The van der Waals surface area contributed by atoms with E-state index >= 15 is 0 Å². The molecule has 0 radical (unpaired) electrons. The van der Waals surface area contributed by atoms with Crippen LogP contribution in [-0.2, 0) is 20.7 Å². The number of halogens is 1. The molecule has 0 aliphatic carbocycles. The summed E-state index contributed by atoms with van der Waals surface area (Å²) < 4.78 is 10.9. The van der Waals surface area contributed by atoms with E-state index < -0.39 is 23.9 Å². The molecule has 1 aromatic heterocycles. The largest absolute Gasteiger partial charge is 0.492 e. The molecule has 1 aliphatic heterocycles. The smallest absolute Gasteiger partial charge is 0.313 e. The number of hydrogen-bond donors (Lipinski definition) is 1. The van der Waals surface area contributed by atoms with Gasteiger partial charge in [0.25, 0.3) is 5.91 Å². The predicted octanol–water partition coefficient (Wildman–Crippen LogP) is 3.39. The Morgan fingerprint density at radius 2 is 2.27 bits per heavy atom. The number of amides is 1. The third kappa shape index (κ3) is 3.98. The lowest BCUT2D eigenvalue weighted by molar-refractivity contribution is -0.158. The first-order valence-electron chi connectivity index (χ1n) is 7.88. The van der Waals surface area contributed by atoms with Gasteiger partial charge in [0, 0.05) is 5.02 Å². The van der Waals surface area contributed by atoms with Crippen molar-refractivity contribution < 1.29 is 19.1 Å². The van der Waals surface area contributed by atoms with E-state index in [4.69, 9.17) is 26.3 Å². The maximum absolute atomic E-state index is 12.4. The maximum atomic E-state index is 12.4. The Hall–Kier alpha value is -2.56. The van der Waals surface area contributed by atoms with Crippen LogP contribution >= 0.6 is 22.9 Å². The summed E-state index contributed by atoms with van der Waals surface area (Å²) in [7, 11) is 0. The molecule has 26 heavy (non-hydrogen) atoms. The molecule has 134 valence electrons. The van der Waals surface area contributed by atoms with Crippen molar-refractivity contribution in [1.82, 2.24) is 0 Å². The molecule has 0 bridgehead atoms. The van der Waals surface area contributed by atoms with Crippen LogP contribution in [0.4, 0.5) is 5.00 Å². The molecule has 0 saturated carbocycles. The Morgan fingerprint density at radius 1 is 1.46 bits per heavy atom. The van der Waals surface area contributed by atoms with Crippen LogP contribution in [0.2, 0.25) is 5.02 Å². The van der Waals surface area contributed by atoms with E-state index in [9.17, 15) is 9.59 Å². The molecule has 0 spiro atoms. The van der Waals surface area contributed by atoms with Crippen LogP contribution in [0.5, 0.6) is 5.75 Å². The second kappa shape index (κ2) is 7.77. The number of nitriles is 1. The molecular weight excluding hydrogens is 376 g/mol. The summed E-state index contributed by atoms with van der Waals surface area (Å²) in [6, 6.07) is 8.85. The summed E-state index contributed by atoms with van der Waals surface area (Å²) in [5, 5.41) is 14.3. The van der Waals surface area contributed by atoms with Crippen LogP contribution in [-0.4, -0.2) is 24.6 Å². The van der Waals surface area contributed by atoms with Gasteiger partial charge in [-0.15, -0.1) is 11.3 Å². The summed E-state index contributed by atoms with van der Waals surface area (Å²) in [5.41, 5.74) is 1.20. The number of rotatable bonds is 4. The van der Waals surface area contributed by atoms with Crippen molar-refractivity contribution in [2.75, 3.05) is 11.9 Å². The first kappa shape index (κ1) is 18.2. The Morgan fingerprint density at radius 3 is 3.04 bits per heavy atom. The van der Waals surface area contributed by atoms with Crippen LogP contribution in [0, 0.1) is 17.2 Å². The molecule has 0 saturated heterocycles. The lowest BCUT2D eigenvalue weighted by atomic mass is 9.97. The van der Waals surface area contributed by atoms with E-state index in [-0.39, 0.29) is 6.61 Å². The fourth-order valence-corrected chi connectivity index (χ4v) is 3.48. The summed E-state index contributed by atoms with van der Waals surface area (Å²) in [6.45, 7) is 1.67. The van der Waals surface area contributed by atoms with Crippen molar-refractivity contribution in [3.8, 4) is 11.8 Å². The fourth-order valence-electron chi connectivity index (χ4n) is 2.55. The zero-order valence-electron chi connectivity index (χ0n) is 13.8. The summed E-state index contributed by atoms with van der Waals surface area (Å²) in [5.74, 6) is -0.805. The zero-order chi connectivity index (χ0) is 18.7. The number of nitrogens with one attached hydrogen (secondary N) is 1. The van der Waals surface area contributed by atoms with Gasteiger partial charge in [0.1, 0.15) is 23.4 Å². The molecule has 1 aromatic carbocycles. The van der Waals surface area contributed by atoms with Crippen molar-refractivity contribution in [2.24, 2.45) is 5.92 Å². The van der Waals surface area contributed by atoms with Crippen LogP contribution in [0.15, 0.2) is 29.6 Å². The molecular formula is C18H15ClN2O4S. The molecule has 6 nitrogen and oxygen atoms in total. The number of ether oxygens (including phenoxy) is 2. The number of nitrogens with zero attached hydrogens (tertiary/aromatic N) is 1. The van der Waals surface area contributed by atoms with E-state index in [0.29, 0.717) is 27.8 Å². The van der Waals surface area contributed by atoms with Gasteiger partial charge >= 0.3 is 5.97 Å². The summed E-state index contributed by atoms with van der Waals surface area (Å²) in [4.78, 5) is 24.6. The maximum Gasteiger partial charge on any atom is 0.313 e. The average Bonchev–Trinajstić information content (AvgIpc) is 3.07. The molecule has 0 fully saturated rings. The number of thiophene rings is 1. The Kier molecular flexibility index (Phi) is 5.45. The quantitative estimate of drug-likeness (QED) is 0.808. The normalized spacial score (nSPS) is 16.6. The third-order valence-electron chi connectivity index (χ3n) is 3.95. The van der Waals surface area contributed by atoms with Gasteiger partial charge < -0.3 is 14.8 Å². The second-order valence-electron chi connectivity index (χ2n) is 5.81. The number of hydrogen-bond acceptors (Lipinski definition) is 6. The third-order valence-corrected chi connectivity index (χ3v) is 5.01. The van der Waals surface area contributed by atoms with E-state index in [0.717, 1.165) is 5.56 Å². The minimum Gasteiger partial charge on any atom is -0.492 e. The highest BCUT2D eigenvalue weighted by atomic mass is 35.5. The fraction of sp³-hybridized carbons (Fsp3) is 0.278. The highest BCUT2D eigenvalue weighted by molar-refractivity contribution is 7.14. The number of carbonyl (C=O) groups excluding carboxylic acids is 2. The van der Waals surface area contributed by atoms with E-state index in [1.54, 1.807) is 29.6 Å². The topological polar surface area (TPSA) is 88.4 Å². The average molecular weight is 391 g/mol. The second-order valence-corrected chi connectivity index (χ2v) is 7.16. The van der Waals surface area contributed by atoms with Crippen LogP contribution < -0.4 is 10.1 Å². The number of esters is 1. The van der Waals surface area contributed by atoms with Crippen molar-refractivity contribution in [2.45, 2.75) is 19.4 Å². The summed E-state index contributed by atoms with van der Waals surface area (Å²) in [6.07, 6.45) is -0.552. The lowest BCUT2D eigenvalue weighted by Crippen LogP contribution is -2.36. The highest BCUT2D eigenvalue weighted by Gasteiger charge is 2.30. The van der Waals surface area contributed by atoms with Crippen molar-refractivity contribution in [3.05, 3.63) is 45.8 Å². The van der Waals surface area contributed by atoms with Gasteiger partial charge in [-0.25, -0.2) is 0 Å². The van der Waals surface area contributed by atoms with Crippen LogP contribution in [0.1, 0.15) is 18.1 Å². The van der Waals surface area contributed by atoms with E-state index in [1.165, 1.54) is 18.3 Å². The van der Waals surface area contributed by atoms with Gasteiger partial charge in [-0.05, 0) is 48.6 Å². The number of fused-ring (bicyclic) bond motifs is 1. The molecule has 1 N–H and O–H groups in total. The molecule has 1 amide bonds. The predicted molar refractivity (Wildman–Crippen MR) is 97.4 cm³/mol. The van der Waals surface area contributed by atoms with Gasteiger partial charge in [0.05, 0.1) is 11.5 Å². The first-order valence-corrected chi connectivity index (χ1v) is 9.14. The molecule has 0 unspecified atom stereocenters. The van der Waals surface area contributed by atoms with Crippen molar-refractivity contribution in [1.29, 1.82) is 5.26 Å². The van der Waals surface area contributed by atoms with E-state index in [2.05, 4.69) is 5.32 Å². The van der Waals surface area contributed by atoms with Gasteiger partial charge in [-0.2, -0.15) is 5.26 Å². The molecule has 3 rings (SSSR count). The Balaban J connectivity index is 1.59. The van der Waals surface area contributed by atoms with E-state index in [1.807, 2.05) is 6.07 Å². The Bertz CT molecular complexity index is 890. The standard InChI is InChI=1S/C18H15ClN2O4S/c1-10(16(22)21-17-11(8-20)4-5-26-17)25-18(23)13-6-12-7-14(19)2-3-15(12)24-9-13/h2-5,7,10,13H,6,9H2,1H3,(H,21,22)/t10-,13+/m0/s1. The van der Waals surface area contributed by atoms with Crippen LogP contribution in [0.3, 0.4) is 0 Å². The SMILES string of the molecule is C[C@H](OC(=O)[C@H]1COc2ccc(Cl)cc2C1)C(=O)Nc1sccc1C#N. The van der Waals surface area contributed by atoms with Gasteiger partial charge in [-0.3, -0.25) is 9.59 Å². The first-order chi connectivity index (χ1) is 12.5. The van der Waals surface area contributed by atoms with Gasteiger partial charge in [0.15, 0.2) is 6.10 Å². The minimum atomic E-state index is -0.989. The van der Waals surface area contributed by atoms with Crippen molar-refractivity contribution >= 4 is 39.8 Å². The molecule has 8 heteroatoms. The molecule has 2 atom stereocenters. The number of carbonyl (C=O) groups is 2. The number of anilines is 1. The van der Waals surface area contributed by atoms with Gasteiger partial charge in [0.2, 0.25) is 0 Å². The molecule has 2 heterocycles. The molecule has 2 aromatic rings. The number of benzene rings is 1. The van der Waals surface area contributed by atoms with Crippen molar-refractivity contribution in [3.63, 3.8) is 0 Å². The van der Waals surface area contributed by atoms with Gasteiger partial charge in [-0.1, -0.05) is 11.6 Å². The summed E-state index contributed by atoms with van der Waals surface area (Å²) >= 11 is 7.21. The Labute approximate surface area is 159 Å². The lowest BCUT2D eigenvalue weighted by Gasteiger charge is -2.25. The van der Waals surface area contributed by atoms with Crippen LogP contribution in [0.25, 0.3) is 0 Å². The monoisotopic (exact) mass is 390 g/mol.